The highest BCUT2D eigenvalue weighted by Gasteiger charge is 2.33. The van der Waals surface area contributed by atoms with Crippen molar-refractivity contribution in [2.24, 2.45) is 0 Å². The summed E-state index contributed by atoms with van der Waals surface area (Å²) in [5, 5.41) is 7.37. The molecule has 1 saturated carbocycles. The molecule has 0 unspecified atom stereocenters. The molecule has 1 heterocycles. The van der Waals surface area contributed by atoms with E-state index in [4.69, 9.17) is 0 Å². The molecule has 7 heteroatoms. The van der Waals surface area contributed by atoms with Crippen LogP contribution in [0, 0.1) is 0 Å². The molecule has 0 radical (unpaired) electrons. The highest BCUT2D eigenvalue weighted by Crippen LogP contribution is 2.41. The minimum absolute atomic E-state index is 0.0404. The second kappa shape index (κ2) is 7.46. The summed E-state index contributed by atoms with van der Waals surface area (Å²) in [6.07, 6.45) is 2.28. The number of hydrogen-bond acceptors (Lipinski definition) is 3. The first kappa shape index (κ1) is 19.6. The van der Waals surface area contributed by atoms with E-state index < -0.39 is 0 Å². The van der Waals surface area contributed by atoms with Crippen molar-refractivity contribution in [3.8, 4) is 0 Å². The van der Waals surface area contributed by atoms with E-state index in [1.807, 2.05) is 28.9 Å². The van der Waals surface area contributed by atoms with Crippen LogP contribution in [0.4, 0.5) is 5.69 Å². The molecule has 0 saturated heterocycles. The van der Waals surface area contributed by atoms with E-state index in [1.165, 1.54) is 4.90 Å². The molecule has 144 valence electrons. The van der Waals surface area contributed by atoms with Gasteiger partial charge in [0, 0.05) is 23.1 Å². The third kappa shape index (κ3) is 4.58. The van der Waals surface area contributed by atoms with Crippen molar-refractivity contribution in [3.63, 3.8) is 0 Å². The molecule has 1 aliphatic carbocycles. The summed E-state index contributed by atoms with van der Waals surface area (Å²) in [5.41, 5.74) is 1.99. The second-order valence-corrected chi connectivity index (χ2v) is 8.85. The Balaban J connectivity index is 1.70. The first-order chi connectivity index (χ1) is 12.7. The van der Waals surface area contributed by atoms with Gasteiger partial charge in [0.15, 0.2) is 5.69 Å². The number of benzene rings is 1. The maximum absolute atomic E-state index is 12.8. The fourth-order valence-electron chi connectivity index (χ4n) is 2.94. The Bertz CT molecular complexity index is 865. The van der Waals surface area contributed by atoms with Crippen LogP contribution in [0.3, 0.4) is 0 Å². The van der Waals surface area contributed by atoms with E-state index in [2.05, 4.69) is 47.1 Å². The van der Waals surface area contributed by atoms with Gasteiger partial charge in [0.1, 0.15) is 0 Å². The molecule has 1 N–H and O–H groups in total. The van der Waals surface area contributed by atoms with Crippen molar-refractivity contribution < 1.29 is 9.59 Å². The number of aromatic nitrogens is 2. The summed E-state index contributed by atoms with van der Waals surface area (Å²) in [5.74, 6) is -0.0140. The van der Waals surface area contributed by atoms with Crippen LogP contribution in [0.15, 0.2) is 34.8 Å². The molecule has 1 fully saturated rings. The summed E-state index contributed by atoms with van der Waals surface area (Å²) in [7, 11) is 1.62. The predicted molar refractivity (Wildman–Crippen MR) is 109 cm³/mol. The average Bonchev–Trinajstić information content (AvgIpc) is 3.33. The monoisotopic (exact) mass is 432 g/mol. The first-order valence-electron chi connectivity index (χ1n) is 9.07. The number of carbonyl (C=O) groups is 2. The molecule has 0 aliphatic heterocycles. The van der Waals surface area contributed by atoms with Crippen LogP contribution in [0.25, 0.3) is 0 Å². The Morgan fingerprint density at radius 1 is 1.30 bits per heavy atom. The fraction of sp³-hybridized carbons (Fsp3) is 0.450. The molecule has 0 bridgehead atoms. The summed E-state index contributed by atoms with van der Waals surface area (Å²) in [6, 6.07) is 9.25. The van der Waals surface area contributed by atoms with Gasteiger partial charge in [-0.25, -0.2) is 0 Å². The van der Waals surface area contributed by atoms with E-state index in [9.17, 15) is 9.59 Å². The Kier molecular flexibility index (Phi) is 5.42. The summed E-state index contributed by atoms with van der Waals surface area (Å²) in [6.45, 7) is 6.19. The minimum Gasteiger partial charge on any atom is -0.331 e. The van der Waals surface area contributed by atoms with Gasteiger partial charge < -0.3 is 10.2 Å². The van der Waals surface area contributed by atoms with Crippen LogP contribution in [0.1, 0.15) is 55.7 Å². The number of anilines is 1. The van der Waals surface area contributed by atoms with Crippen molar-refractivity contribution in [2.75, 3.05) is 18.9 Å². The van der Waals surface area contributed by atoms with Gasteiger partial charge in [-0.3, -0.25) is 14.3 Å². The van der Waals surface area contributed by atoms with Gasteiger partial charge in [0.05, 0.1) is 17.8 Å². The molecule has 1 aliphatic rings. The van der Waals surface area contributed by atoms with Gasteiger partial charge in [-0.2, -0.15) is 5.10 Å². The van der Waals surface area contributed by atoms with E-state index in [0.29, 0.717) is 17.3 Å². The van der Waals surface area contributed by atoms with Crippen LogP contribution in [-0.4, -0.2) is 40.1 Å². The number of carbonyl (C=O) groups excluding carboxylic acids is 2. The van der Waals surface area contributed by atoms with Crippen molar-refractivity contribution in [1.29, 1.82) is 0 Å². The predicted octanol–water partition coefficient (Wildman–Crippen LogP) is 3.99. The molecular weight excluding hydrogens is 408 g/mol. The van der Waals surface area contributed by atoms with Crippen LogP contribution in [-0.2, 0) is 10.3 Å². The number of nitrogens with zero attached hydrogens (tertiary/aromatic N) is 3. The van der Waals surface area contributed by atoms with Gasteiger partial charge in [0.25, 0.3) is 5.91 Å². The summed E-state index contributed by atoms with van der Waals surface area (Å²) in [4.78, 5) is 26.5. The zero-order valence-electron chi connectivity index (χ0n) is 16.1. The number of nitrogens with one attached hydrogen (secondary N) is 1. The molecule has 27 heavy (non-hydrogen) atoms. The highest BCUT2D eigenvalue weighted by atomic mass is 79.9. The van der Waals surface area contributed by atoms with E-state index in [1.54, 1.807) is 13.1 Å². The van der Waals surface area contributed by atoms with E-state index in [-0.39, 0.29) is 23.9 Å². The van der Waals surface area contributed by atoms with Crippen LogP contribution < -0.4 is 5.32 Å². The van der Waals surface area contributed by atoms with Crippen molar-refractivity contribution in [1.82, 2.24) is 14.7 Å². The molecule has 6 nitrogen and oxygen atoms in total. The SMILES string of the molecule is CN(CC(=O)Nc1ccccc1Br)C(=O)c1cc(C2CC2)n(C(C)(C)C)n1. The lowest BCUT2D eigenvalue weighted by Gasteiger charge is -2.22. The van der Waals surface area contributed by atoms with Gasteiger partial charge in [0.2, 0.25) is 5.91 Å². The number of halogens is 1. The quantitative estimate of drug-likeness (QED) is 0.776. The number of rotatable bonds is 5. The normalized spacial score (nSPS) is 14.1. The Morgan fingerprint density at radius 3 is 2.56 bits per heavy atom. The maximum atomic E-state index is 12.8. The highest BCUT2D eigenvalue weighted by molar-refractivity contribution is 9.10. The Labute approximate surface area is 168 Å². The van der Waals surface area contributed by atoms with E-state index >= 15 is 0 Å². The lowest BCUT2D eigenvalue weighted by atomic mass is 10.1. The van der Waals surface area contributed by atoms with Crippen LogP contribution in [0.5, 0.6) is 0 Å². The van der Waals surface area contributed by atoms with Crippen molar-refractivity contribution >= 4 is 33.4 Å². The van der Waals surface area contributed by atoms with Crippen molar-refractivity contribution in [3.05, 3.63) is 46.2 Å². The number of amides is 2. The van der Waals surface area contributed by atoms with E-state index in [0.717, 1.165) is 23.0 Å². The molecule has 3 rings (SSSR count). The second-order valence-electron chi connectivity index (χ2n) is 8.00. The van der Waals surface area contributed by atoms with Crippen molar-refractivity contribution in [2.45, 2.75) is 45.1 Å². The molecule has 1 aromatic heterocycles. The van der Waals surface area contributed by atoms with Gasteiger partial charge >= 0.3 is 0 Å². The number of hydrogen-bond donors (Lipinski definition) is 1. The Morgan fingerprint density at radius 2 is 1.96 bits per heavy atom. The first-order valence-corrected chi connectivity index (χ1v) is 9.86. The standard InChI is InChI=1S/C20H25BrN4O2/c1-20(2,3)25-17(13-9-10-13)11-16(23-25)19(27)24(4)12-18(26)22-15-8-6-5-7-14(15)21/h5-8,11,13H,9-10,12H2,1-4H3,(H,22,26). The summed E-state index contributed by atoms with van der Waals surface area (Å²) >= 11 is 3.40. The summed E-state index contributed by atoms with van der Waals surface area (Å²) < 4.78 is 2.75. The Hall–Kier alpha value is -2.15. The van der Waals surface area contributed by atoms with Gasteiger partial charge in [-0.05, 0) is 67.7 Å². The van der Waals surface area contributed by atoms with Crippen LogP contribution in [0.2, 0.25) is 0 Å². The largest absolute Gasteiger partial charge is 0.331 e. The molecule has 2 aromatic rings. The zero-order chi connectivity index (χ0) is 19.8. The third-order valence-corrected chi connectivity index (χ3v) is 5.15. The molecule has 2 amide bonds. The molecule has 0 spiro atoms. The topological polar surface area (TPSA) is 67.2 Å². The van der Waals surface area contributed by atoms with Gasteiger partial charge in [-0.1, -0.05) is 12.1 Å². The number of likely N-dealkylation sites (N-methyl/N-ethyl adjacent to an activating group) is 1. The smallest absolute Gasteiger partial charge is 0.274 e. The number of para-hydroxylation sites is 1. The average molecular weight is 433 g/mol. The van der Waals surface area contributed by atoms with Crippen LogP contribution >= 0.6 is 15.9 Å². The molecular formula is C20H25BrN4O2. The van der Waals surface area contributed by atoms with Gasteiger partial charge in [-0.15, -0.1) is 0 Å². The maximum Gasteiger partial charge on any atom is 0.274 e. The zero-order valence-corrected chi connectivity index (χ0v) is 17.7. The minimum atomic E-state index is -0.254. The molecule has 1 aromatic carbocycles. The fourth-order valence-corrected chi connectivity index (χ4v) is 3.33. The lowest BCUT2D eigenvalue weighted by Crippen LogP contribution is -2.35. The molecule has 0 atom stereocenters. The lowest BCUT2D eigenvalue weighted by molar-refractivity contribution is -0.116. The third-order valence-electron chi connectivity index (χ3n) is 4.46.